The zero-order valence-corrected chi connectivity index (χ0v) is 19.5. The number of ether oxygens (including phenoxy) is 1. The molecular weight excluding hydrogens is 448 g/mol. The third-order valence-corrected chi connectivity index (χ3v) is 6.54. The Morgan fingerprint density at radius 1 is 1.03 bits per heavy atom. The predicted octanol–water partition coefficient (Wildman–Crippen LogP) is 4.99. The van der Waals surface area contributed by atoms with Gasteiger partial charge in [-0.3, -0.25) is 9.52 Å². The first kappa shape index (κ1) is 23.6. The van der Waals surface area contributed by atoms with E-state index in [2.05, 4.69) is 4.72 Å². The summed E-state index contributed by atoms with van der Waals surface area (Å²) in [7, 11) is -2.22. The Kier molecular flexibility index (Phi) is 7.77. The lowest BCUT2D eigenvalue weighted by Crippen LogP contribution is -2.29. The number of anilines is 1. The van der Waals surface area contributed by atoms with Crippen molar-refractivity contribution in [3.8, 4) is 5.75 Å². The standard InChI is InChI=1S/C24H25ClN2O4S/c1-18-9-3-6-14-23(18)31-16-8-15-27(2)24(28)19-10-7-11-20(17-19)32(29,30)26-22-13-5-4-12-21(22)25/h3-7,9-14,17,26H,8,15-16H2,1-2H3. The van der Waals surface area contributed by atoms with Gasteiger partial charge in [-0.1, -0.05) is 48.0 Å². The minimum atomic E-state index is -3.90. The molecule has 3 aromatic rings. The van der Waals surface area contributed by atoms with Gasteiger partial charge in [-0.2, -0.15) is 0 Å². The number of hydrogen-bond donors (Lipinski definition) is 1. The first-order chi connectivity index (χ1) is 15.3. The molecule has 0 bridgehead atoms. The largest absolute Gasteiger partial charge is 0.493 e. The van der Waals surface area contributed by atoms with Crippen LogP contribution >= 0.6 is 11.6 Å². The Morgan fingerprint density at radius 3 is 2.50 bits per heavy atom. The summed E-state index contributed by atoms with van der Waals surface area (Å²) in [5.74, 6) is 0.557. The van der Waals surface area contributed by atoms with Crippen molar-refractivity contribution in [2.75, 3.05) is 24.9 Å². The van der Waals surface area contributed by atoms with Crippen LogP contribution in [-0.2, 0) is 10.0 Å². The molecule has 0 aromatic heterocycles. The molecule has 1 amide bonds. The maximum absolute atomic E-state index is 12.8. The summed E-state index contributed by atoms with van der Waals surface area (Å²) in [6, 6.07) is 20.3. The fourth-order valence-corrected chi connectivity index (χ4v) is 4.43. The number of carbonyl (C=O) groups is 1. The highest BCUT2D eigenvalue weighted by Gasteiger charge is 2.19. The van der Waals surface area contributed by atoms with Gasteiger partial charge in [0.2, 0.25) is 0 Å². The van der Waals surface area contributed by atoms with Crippen LogP contribution in [0.25, 0.3) is 0 Å². The van der Waals surface area contributed by atoms with Gasteiger partial charge in [0.1, 0.15) is 5.75 Å². The second kappa shape index (κ2) is 10.5. The van der Waals surface area contributed by atoms with Crippen molar-refractivity contribution in [1.29, 1.82) is 0 Å². The van der Waals surface area contributed by atoms with E-state index in [0.29, 0.717) is 19.6 Å². The van der Waals surface area contributed by atoms with Crippen molar-refractivity contribution in [3.05, 3.63) is 88.9 Å². The first-order valence-electron chi connectivity index (χ1n) is 10.1. The molecule has 6 nitrogen and oxygen atoms in total. The van der Waals surface area contributed by atoms with E-state index in [1.165, 1.54) is 12.1 Å². The Balaban J connectivity index is 1.61. The highest BCUT2D eigenvalue weighted by molar-refractivity contribution is 7.92. The molecule has 0 spiro atoms. The number of hydrogen-bond acceptors (Lipinski definition) is 4. The zero-order valence-electron chi connectivity index (χ0n) is 17.9. The van der Waals surface area contributed by atoms with Gasteiger partial charge in [0.05, 0.1) is 22.2 Å². The first-order valence-corrected chi connectivity index (χ1v) is 12.0. The quantitative estimate of drug-likeness (QED) is 0.445. The number of aryl methyl sites for hydroxylation is 1. The van der Waals surface area contributed by atoms with Crippen molar-refractivity contribution in [3.63, 3.8) is 0 Å². The van der Waals surface area contributed by atoms with Crippen molar-refractivity contribution < 1.29 is 17.9 Å². The molecule has 0 aliphatic carbocycles. The van der Waals surface area contributed by atoms with Crippen molar-refractivity contribution in [2.45, 2.75) is 18.2 Å². The molecular formula is C24H25ClN2O4S. The summed E-state index contributed by atoms with van der Waals surface area (Å²) >= 11 is 6.05. The molecule has 0 atom stereocenters. The number of para-hydroxylation sites is 2. The van der Waals surface area contributed by atoms with E-state index in [1.807, 2.05) is 31.2 Å². The molecule has 0 fully saturated rings. The second-order valence-electron chi connectivity index (χ2n) is 7.31. The maximum Gasteiger partial charge on any atom is 0.261 e. The fraction of sp³-hybridized carbons (Fsp3) is 0.208. The lowest BCUT2D eigenvalue weighted by atomic mass is 10.2. The summed E-state index contributed by atoms with van der Waals surface area (Å²) in [5, 5.41) is 0.288. The van der Waals surface area contributed by atoms with E-state index < -0.39 is 10.0 Å². The Bertz CT molecular complexity index is 1200. The SMILES string of the molecule is Cc1ccccc1OCCCN(C)C(=O)c1cccc(S(=O)(=O)Nc2ccccc2Cl)c1. The number of amides is 1. The molecule has 0 heterocycles. The topological polar surface area (TPSA) is 75.7 Å². The summed E-state index contributed by atoms with van der Waals surface area (Å²) < 4.78 is 33.7. The van der Waals surface area contributed by atoms with E-state index in [4.69, 9.17) is 16.3 Å². The molecule has 0 radical (unpaired) electrons. The van der Waals surface area contributed by atoms with Crippen LogP contribution in [0, 0.1) is 6.92 Å². The van der Waals surface area contributed by atoms with Gasteiger partial charge in [-0.05, 0) is 55.3 Å². The third kappa shape index (κ3) is 6.02. The number of carbonyl (C=O) groups excluding carboxylic acids is 1. The van der Waals surface area contributed by atoms with Gasteiger partial charge in [-0.25, -0.2) is 8.42 Å². The van der Waals surface area contributed by atoms with Gasteiger partial charge in [0.25, 0.3) is 15.9 Å². The average Bonchev–Trinajstić information content (AvgIpc) is 2.78. The highest BCUT2D eigenvalue weighted by Crippen LogP contribution is 2.24. The summed E-state index contributed by atoms with van der Waals surface area (Å²) in [6.45, 7) is 2.92. The molecule has 3 rings (SSSR count). The maximum atomic E-state index is 12.8. The normalized spacial score (nSPS) is 11.1. The molecule has 0 saturated heterocycles. The Labute approximate surface area is 193 Å². The molecule has 0 unspecified atom stereocenters. The van der Waals surface area contributed by atoms with Crippen molar-refractivity contribution in [2.24, 2.45) is 0 Å². The Morgan fingerprint density at radius 2 is 1.75 bits per heavy atom. The van der Waals surface area contributed by atoms with Crippen LogP contribution in [0.4, 0.5) is 5.69 Å². The van der Waals surface area contributed by atoms with Crippen LogP contribution in [-0.4, -0.2) is 39.4 Å². The van der Waals surface area contributed by atoms with E-state index in [1.54, 1.807) is 48.3 Å². The molecule has 8 heteroatoms. The zero-order chi connectivity index (χ0) is 23.1. The molecule has 168 valence electrons. The van der Waals surface area contributed by atoms with Crippen molar-refractivity contribution in [1.82, 2.24) is 4.90 Å². The second-order valence-corrected chi connectivity index (χ2v) is 9.40. The molecule has 3 aromatic carbocycles. The fourth-order valence-electron chi connectivity index (χ4n) is 3.07. The van der Waals surface area contributed by atoms with Crippen LogP contribution < -0.4 is 9.46 Å². The van der Waals surface area contributed by atoms with Crippen LogP contribution in [0.1, 0.15) is 22.3 Å². The number of sulfonamides is 1. The van der Waals surface area contributed by atoms with E-state index in [0.717, 1.165) is 11.3 Å². The third-order valence-electron chi connectivity index (χ3n) is 4.85. The van der Waals surface area contributed by atoms with Gasteiger partial charge < -0.3 is 9.64 Å². The van der Waals surface area contributed by atoms with Crippen molar-refractivity contribution >= 4 is 33.2 Å². The summed E-state index contributed by atoms with van der Waals surface area (Å²) in [6.07, 6.45) is 0.641. The number of halogens is 1. The smallest absolute Gasteiger partial charge is 0.261 e. The summed E-state index contributed by atoms with van der Waals surface area (Å²) in [4.78, 5) is 14.3. The van der Waals surface area contributed by atoms with Crippen LogP contribution in [0.15, 0.2) is 77.7 Å². The van der Waals surface area contributed by atoms with Crippen LogP contribution in [0.5, 0.6) is 5.75 Å². The van der Waals surface area contributed by atoms with E-state index >= 15 is 0 Å². The Hall–Kier alpha value is -3.03. The van der Waals surface area contributed by atoms with E-state index in [9.17, 15) is 13.2 Å². The van der Waals surface area contributed by atoms with Gasteiger partial charge >= 0.3 is 0 Å². The lowest BCUT2D eigenvalue weighted by molar-refractivity contribution is 0.0787. The average molecular weight is 473 g/mol. The van der Waals surface area contributed by atoms with Gasteiger partial charge in [0.15, 0.2) is 0 Å². The van der Waals surface area contributed by atoms with Crippen LogP contribution in [0.2, 0.25) is 5.02 Å². The minimum Gasteiger partial charge on any atom is -0.493 e. The van der Waals surface area contributed by atoms with Crippen LogP contribution in [0.3, 0.4) is 0 Å². The molecule has 32 heavy (non-hydrogen) atoms. The molecule has 0 aliphatic rings. The number of rotatable bonds is 9. The lowest BCUT2D eigenvalue weighted by Gasteiger charge is -2.18. The van der Waals surface area contributed by atoms with E-state index in [-0.39, 0.29) is 27.1 Å². The minimum absolute atomic E-state index is 0.0143. The number of nitrogens with zero attached hydrogens (tertiary/aromatic N) is 1. The number of nitrogens with one attached hydrogen (secondary N) is 1. The van der Waals surface area contributed by atoms with Gasteiger partial charge in [-0.15, -0.1) is 0 Å². The molecule has 0 saturated carbocycles. The summed E-state index contributed by atoms with van der Waals surface area (Å²) in [5.41, 5.74) is 1.62. The predicted molar refractivity (Wildman–Crippen MR) is 127 cm³/mol. The molecule has 0 aliphatic heterocycles. The monoisotopic (exact) mass is 472 g/mol. The van der Waals surface area contributed by atoms with Gasteiger partial charge in [0, 0.05) is 19.2 Å². The highest BCUT2D eigenvalue weighted by atomic mass is 35.5. The molecule has 1 N–H and O–H groups in total. The number of benzene rings is 3.